The standard InChI is InChI=1S/C24H19NO4/c26-15-20-14-25(24(27)29-17-19-9-5-2-6-10-19)23-13-21(11-12-22(20)23)28-16-18-7-3-1-4-8-18/h1-15H,16-17H2. The molecule has 0 amide bonds. The molecule has 144 valence electrons. The Hall–Kier alpha value is -3.86. The number of aldehydes is 1. The lowest BCUT2D eigenvalue weighted by Gasteiger charge is -2.09. The molecule has 4 rings (SSSR count). The fourth-order valence-electron chi connectivity index (χ4n) is 3.10. The van der Waals surface area contributed by atoms with Crippen LogP contribution in [0.15, 0.2) is 85.1 Å². The highest BCUT2D eigenvalue weighted by Gasteiger charge is 2.15. The first-order valence-corrected chi connectivity index (χ1v) is 9.22. The van der Waals surface area contributed by atoms with Crippen molar-refractivity contribution in [1.82, 2.24) is 4.57 Å². The zero-order valence-corrected chi connectivity index (χ0v) is 15.7. The van der Waals surface area contributed by atoms with Gasteiger partial charge in [-0.25, -0.2) is 4.79 Å². The summed E-state index contributed by atoms with van der Waals surface area (Å²) in [7, 11) is 0. The second-order valence-electron chi connectivity index (χ2n) is 6.57. The lowest BCUT2D eigenvalue weighted by Crippen LogP contribution is -2.12. The molecule has 0 atom stereocenters. The molecular formula is C24H19NO4. The van der Waals surface area contributed by atoms with Crippen LogP contribution < -0.4 is 4.74 Å². The molecule has 1 aromatic heterocycles. The van der Waals surface area contributed by atoms with E-state index in [0.29, 0.717) is 28.8 Å². The fourth-order valence-corrected chi connectivity index (χ4v) is 3.10. The van der Waals surface area contributed by atoms with Crippen LogP contribution >= 0.6 is 0 Å². The number of hydrogen-bond acceptors (Lipinski definition) is 4. The number of hydrogen-bond donors (Lipinski definition) is 0. The summed E-state index contributed by atoms with van der Waals surface area (Å²) in [6, 6.07) is 24.6. The Morgan fingerprint density at radius 3 is 2.17 bits per heavy atom. The smallest absolute Gasteiger partial charge is 0.418 e. The average molecular weight is 385 g/mol. The highest BCUT2D eigenvalue weighted by Crippen LogP contribution is 2.26. The summed E-state index contributed by atoms with van der Waals surface area (Å²) in [5, 5.41) is 0.670. The van der Waals surface area contributed by atoms with Crippen molar-refractivity contribution in [1.29, 1.82) is 0 Å². The summed E-state index contributed by atoms with van der Waals surface area (Å²) >= 11 is 0. The van der Waals surface area contributed by atoms with Gasteiger partial charge in [0.15, 0.2) is 6.29 Å². The van der Waals surface area contributed by atoms with Crippen LogP contribution in [0.4, 0.5) is 4.79 Å². The second-order valence-corrected chi connectivity index (χ2v) is 6.57. The van der Waals surface area contributed by atoms with Gasteiger partial charge in [0.2, 0.25) is 0 Å². The molecule has 3 aromatic carbocycles. The maximum absolute atomic E-state index is 12.6. The predicted octanol–water partition coefficient (Wildman–Crippen LogP) is 5.22. The summed E-state index contributed by atoms with van der Waals surface area (Å²) in [6.45, 7) is 0.562. The molecule has 0 fully saturated rings. The van der Waals surface area contributed by atoms with E-state index in [-0.39, 0.29) is 6.61 Å². The molecule has 1 heterocycles. The van der Waals surface area contributed by atoms with Crippen molar-refractivity contribution in [3.05, 3.63) is 102 Å². The van der Waals surface area contributed by atoms with Gasteiger partial charge in [0.05, 0.1) is 5.52 Å². The van der Waals surface area contributed by atoms with Gasteiger partial charge < -0.3 is 9.47 Å². The summed E-state index contributed by atoms with van der Waals surface area (Å²) in [5.41, 5.74) is 2.92. The molecule has 0 aliphatic rings. The van der Waals surface area contributed by atoms with Gasteiger partial charge in [0.25, 0.3) is 0 Å². The quantitative estimate of drug-likeness (QED) is 0.427. The van der Waals surface area contributed by atoms with Gasteiger partial charge in [0.1, 0.15) is 19.0 Å². The minimum absolute atomic E-state index is 0.153. The number of aromatic nitrogens is 1. The van der Waals surface area contributed by atoms with Gasteiger partial charge in [0, 0.05) is 23.2 Å². The Bertz CT molecular complexity index is 1130. The number of carbonyl (C=O) groups is 2. The second kappa shape index (κ2) is 8.44. The Kier molecular flexibility index (Phi) is 5.38. The van der Waals surface area contributed by atoms with E-state index in [9.17, 15) is 9.59 Å². The Balaban J connectivity index is 1.57. The monoisotopic (exact) mass is 385 g/mol. The van der Waals surface area contributed by atoms with Crippen molar-refractivity contribution in [2.75, 3.05) is 0 Å². The SMILES string of the molecule is O=Cc1cn(C(=O)OCc2ccccc2)c2cc(OCc3ccccc3)ccc12. The number of fused-ring (bicyclic) bond motifs is 1. The Labute approximate surface area is 168 Å². The molecule has 0 radical (unpaired) electrons. The lowest BCUT2D eigenvalue weighted by molar-refractivity contribution is 0.112. The topological polar surface area (TPSA) is 57.5 Å². The predicted molar refractivity (Wildman–Crippen MR) is 110 cm³/mol. The number of ether oxygens (including phenoxy) is 2. The van der Waals surface area contributed by atoms with Crippen molar-refractivity contribution in [3.63, 3.8) is 0 Å². The first-order valence-electron chi connectivity index (χ1n) is 9.22. The molecule has 0 unspecified atom stereocenters. The summed E-state index contributed by atoms with van der Waals surface area (Å²) in [4.78, 5) is 24.1. The zero-order valence-electron chi connectivity index (χ0n) is 15.7. The molecular weight excluding hydrogens is 366 g/mol. The summed E-state index contributed by atoms with van der Waals surface area (Å²) < 4.78 is 12.6. The van der Waals surface area contributed by atoms with Crippen LogP contribution in [0.25, 0.3) is 10.9 Å². The molecule has 0 bridgehead atoms. The van der Waals surface area contributed by atoms with Crippen molar-refractivity contribution in [2.24, 2.45) is 0 Å². The van der Waals surface area contributed by atoms with Gasteiger partial charge in [-0.2, -0.15) is 0 Å². The molecule has 4 aromatic rings. The first-order chi connectivity index (χ1) is 14.2. The van der Waals surface area contributed by atoms with Crippen LogP contribution in [0.5, 0.6) is 5.75 Å². The molecule has 0 spiro atoms. The summed E-state index contributed by atoms with van der Waals surface area (Å²) in [6.07, 6.45) is 1.67. The van der Waals surface area contributed by atoms with Crippen molar-refractivity contribution in [3.8, 4) is 5.75 Å². The van der Waals surface area contributed by atoms with Crippen LogP contribution in [0, 0.1) is 0 Å². The van der Waals surface area contributed by atoms with Crippen LogP contribution in [0.2, 0.25) is 0 Å². The molecule has 0 saturated carbocycles. The molecule has 5 heteroatoms. The Morgan fingerprint density at radius 1 is 0.862 bits per heavy atom. The van der Waals surface area contributed by atoms with Crippen LogP contribution in [-0.2, 0) is 18.0 Å². The number of rotatable bonds is 6. The maximum atomic E-state index is 12.6. The number of nitrogens with zero attached hydrogens (tertiary/aromatic N) is 1. The van der Waals surface area contributed by atoms with E-state index < -0.39 is 6.09 Å². The van der Waals surface area contributed by atoms with Crippen LogP contribution in [-0.4, -0.2) is 16.9 Å². The highest BCUT2D eigenvalue weighted by molar-refractivity contribution is 6.01. The third-order valence-corrected chi connectivity index (χ3v) is 4.59. The molecule has 0 saturated heterocycles. The molecule has 0 aliphatic heterocycles. The van der Waals surface area contributed by atoms with E-state index in [1.807, 2.05) is 60.7 Å². The van der Waals surface area contributed by atoms with Gasteiger partial charge in [-0.05, 0) is 23.3 Å². The van der Waals surface area contributed by atoms with Crippen molar-refractivity contribution in [2.45, 2.75) is 13.2 Å². The minimum atomic E-state index is -0.549. The van der Waals surface area contributed by atoms with Crippen molar-refractivity contribution < 1.29 is 19.1 Å². The number of benzene rings is 3. The van der Waals surface area contributed by atoms with Crippen LogP contribution in [0.1, 0.15) is 21.5 Å². The molecule has 29 heavy (non-hydrogen) atoms. The summed E-state index contributed by atoms with van der Waals surface area (Å²) in [5.74, 6) is 0.606. The average Bonchev–Trinajstić information content (AvgIpc) is 3.15. The van der Waals surface area contributed by atoms with Crippen molar-refractivity contribution >= 4 is 23.3 Å². The van der Waals surface area contributed by atoms with E-state index in [0.717, 1.165) is 17.4 Å². The fraction of sp³-hybridized carbons (Fsp3) is 0.0833. The van der Waals surface area contributed by atoms with E-state index in [1.165, 1.54) is 10.8 Å². The van der Waals surface area contributed by atoms with E-state index >= 15 is 0 Å². The molecule has 5 nitrogen and oxygen atoms in total. The first kappa shape index (κ1) is 18.5. The number of carbonyl (C=O) groups excluding carboxylic acids is 2. The normalized spacial score (nSPS) is 10.6. The highest BCUT2D eigenvalue weighted by atomic mass is 16.5. The van der Waals surface area contributed by atoms with Gasteiger partial charge in [-0.3, -0.25) is 9.36 Å². The van der Waals surface area contributed by atoms with Gasteiger partial charge in [-0.1, -0.05) is 60.7 Å². The van der Waals surface area contributed by atoms with E-state index in [4.69, 9.17) is 9.47 Å². The Morgan fingerprint density at radius 2 is 1.52 bits per heavy atom. The minimum Gasteiger partial charge on any atom is -0.489 e. The third kappa shape index (κ3) is 4.19. The lowest BCUT2D eigenvalue weighted by atomic mass is 10.2. The van der Waals surface area contributed by atoms with Crippen LogP contribution in [0.3, 0.4) is 0 Å². The molecule has 0 aliphatic carbocycles. The zero-order chi connectivity index (χ0) is 20.1. The van der Waals surface area contributed by atoms with Gasteiger partial charge in [-0.15, -0.1) is 0 Å². The maximum Gasteiger partial charge on any atom is 0.418 e. The third-order valence-electron chi connectivity index (χ3n) is 4.59. The van der Waals surface area contributed by atoms with Gasteiger partial charge >= 0.3 is 6.09 Å². The van der Waals surface area contributed by atoms with E-state index in [1.54, 1.807) is 18.2 Å². The van der Waals surface area contributed by atoms with E-state index in [2.05, 4.69) is 0 Å². The largest absolute Gasteiger partial charge is 0.489 e. The molecule has 0 N–H and O–H groups in total.